The maximum Gasteiger partial charge on any atom is 0.294 e. The number of carbonyl (C=O) groups excluding carboxylic acids is 3. The standard InChI is InChI=1S/C19H15ClN2O4S/c20-15-7-2-1-5-13(15)11-26-14-6-3-4-12(8-14)9-16-18(24)22(10-17(21)23)19(25)27-16/h1-9H,10-11H2,(H2,21,23)/b16-9-. The first kappa shape index (κ1) is 19.0. The SMILES string of the molecule is NC(=O)CN1C(=O)S/C(=C\c2cccc(OCc3ccccc3Cl)c2)C1=O. The average Bonchev–Trinajstić information content (AvgIpc) is 2.88. The van der Waals surface area contributed by atoms with Gasteiger partial charge in [0.05, 0.1) is 4.91 Å². The van der Waals surface area contributed by atoms with Gasteiger partial charge >= 0.3 is 0 Å². The lowest BCUT2D eigenvalue weighted by Gasteiger charge is -2.09. The monoisotopic (exact) mass is 402 g/mol. The lowest BCUT2D eigenvalue weighted by molar-refractivity contribution is -0.127. The van der Waals surface area contributed by atoms with E-state index in [1.54, 1.807) is 36.4 Å². The second kappa shape index (κ2) is 8.28. The number of halogens is 1. The third kappa shape index (κ3) is 4.69. The summed E-state index contributed by atoms with van der Waals surface area (Å²) in [4.78, 5) is 36.2. The lowest BCUT2D eigenvalue weighted by Crippen LogP contribution is -2.36. The first-order valence-corrected chi connectivity index (χ1v) is 9.13. The fourth-order valence-electron chi connectivity index (χ4n) is 2.41. The Morgan fingerprint density at radius 2 is 1.96 bits per heavy atom. The Morgan fingerprint density at radius 1 is 1.19 bits per heavy atom. The fraction of sp³-hybridized carbons (Fsp3) is 0.105. The van der Waals surface area contributed by atoms with E-state index >= 15 is 0 Å². The number of hydrogen-bond donors (Lipinski definition) is 1. The molecule has 6 nitrogen and oxygen atoms in total. The molecule has 0 unspecified atom stereocenters. The zero-order chi connectivity index (χ0) is 19.4. The first-order valence-electron chi connectivity index (χ1n) is 7.94. The number of nitrogens with two attached hydrogens (primary N) is 1. The lowest BCUT2D eigenvalue weighted by atomic mass is 10.2. The van der Waals surface area contributed by atoms with Crippen molar-refractivity contribution < 1.29 is 19.1 Å². The molecule has 2 aromatic rings. The topological polar surface area (TPSA) is 89.7 Å². The molecular formula is C19H15ClN2O4S. The van der Waals surface area contributed by atoms with Crippen molar-refractivity contribution in [2.24, 2.45) is 5.73 Å². The van der Waals surface area contributed by atoms with E-state index in [2.05, 4.69) is 0 Å². The van der Waals surface area contributed by atoms with Gasteiger partial charge in [0.1, 0.15) is 18.9 Å². The molecule has 2 aromatic carbocycles. The molecule has 27 heavy (non-hydrogen) atoms. The van der Waals surface area contributed by atoms with Crippen LogP contribution in [-0.4, -0.2) is 28.5 Å². The minimum atomic E-state index is -0.742. The van der Waals surface area contributed by atoms with Crippen molar-refractivity contribution in [1.29, 1.82) is 0 Å². The number of thioether (sulfide) groups is 1. The normalized spacial score (nSPS) is 15.4. The van der Waals surface area contributed by atoms with Gasteiger partial charge < -0.3 is 10.5 Å². The molecule has 1 saturated heterocycles. The summed E-state index contributed by atoms with van der Waals surface area (Å²) in [5.74, 6) is -0.681. The molecule has 1 heterocycles. The van der Waals surface area contributed by atoms with Crippen molar-refractivity contribution in [2.45, 2.75) is 6.61 Å². The summed E-state index contributed by atoms with van der Waals surface area (Å²) in [6.45, 7) is -0.124. The zero-order valence-corrected chi connectivity index (χ0v) is 15.6. The van der Waals surface area contributed by atoms with E-state index in [9.17, 15) is 14.4 Å². The zero-order valence-electron chi connectivity index (χ0n) is 14.1. The summed E-state index contributed by atoms with van der Waals surface area (Å²) in [7, 11) is 0. The summed E-state index contributed by atoms with van der Waals surface area (Å²) in [5, 5.41) is 0.105. The molecule has 3 amide bonds. The molecule has 0 atom stereocenters. The minimum Gasteiger partial charge on any atom is -0.489 e. The first-order chi connectivity index (χ1) is 12.9. The number of amides is 3. The Labute approximate surface area is 164 Å². The molecule has 138 valence electrons. The van der Waals surface area contributed by atoms with Crippen LogP contribution in [0.2, 0.25) is 5.02 Å². The average molecular weight is 403 g/mol. The Hall–Kier alpha value is -2.77. The number of benzene rings is 2. The van der Waals surface area contributed by atoms with Gasteiger partial charge in [0.25, 0.3) is 11.1 Å². The second-order valence-corrected chi connectivity index (χ2v) is 7.09. The molecule has 8 heteroatoms. The van der Waals surface area contributed by atoms with Crippen LogP contribution in [0.5, 0.6) is 5.75 Å². The van der Waals surface area contributed by atoms with Crippen LogP contribution in [0.3, 0.4) is 0 Å². The van der Waals surface area contributed by atoms with Gasteiger partial charge in [-0.05, 0) is 41.6 Å². The van der Waals surface area contributed by atoms with Crippen molar-refractivity contribution >= 4 is 46.5 Å². The van der Waals surface area contributed by atoms with Crippen LogP contribution in [0.1, 0.15) is 11.1 Å². The molecule has 0 bridgehead atoms. The van der Waals surface area contributed by atoms with E-state index < -0.39 is 23.6 Å². The van der Waals surface area contributed by atoms with E-state index in [-0.39, 0.29) is 4.91 Å². The summed E-state index contributed by atoms with van der Waals surface area (Å²) < 4.78 is 5.76. The van der Waals surface area contributed by atoms with Crippen molar-refractivity contribution in [3.63, 3.8) is 0 Å². The van der Waals surface area contributed by atoms with Crippen LogP contribution in [0.4, 0.5) is 4.79 Å². The molecule has 0 spiro atoms. The third-order valence-corrected chi connectivity index (χ3v) is 4.97. The van der Waals surface area contributed by atoms with Gasteiger partial charge in [-0.15, -0.1) is 0 Å². The third-order valence-electron chi connectivity index (χ3n) is 3.70. The predicted molar refractivity (Wildman–Crippen MR) is 104 cm³/mol. The molecule has 0 aliphatic carbocycles. The molecule has 2 N–H and O–H groups in total. The van der Waals surface area contributed by atoms with Crippen LogP contribution in [0.25, 0.3) is 6.08 Å². The van der Waals surface area contributed by atoms with Gasteiger partial charge in [-0.3, -0.25) is 19.3 Å². The molecule has 1 aliphatic heterocycles. The number of carbonyl (C=O) groups is 3. The quantitative estimate of drug-likeness (QED) is 0.747. The van der Waals surface area contributed by atoms with Gasteiger partial charge in [0, 0.05) is 10.6 Å². The number of nitrogens with zero attached hydrogens (tertiary/aromatic N) is 1. The summed E-state index contributed by atoms with van der Waals surface area (Å²) in [5.41, 5.74) is 6.62. The van der Waals surface area contributed by atoms with E-state index in [1.165, 1.54) is 0 Å². The maximum absolute atomic E-state index is 12.3. The Morgan fingerprint density at radius 3 is 2.70 bits per heavy atom. The fourth-order valence-corrected chi connectivity index (χ4v) is 3.44. The van der Waals surface area contributed by atoms with Crippen LogP contribution >= 0.6 is 23.4 Å². The molecule has 1 aliphatic rings. The highest BCUT2D eigenvalue weighted by molar-refractivity contribution is 8.18. The van der Waals surface area contributed by atoms with E-state index in [4.69, 9.17) is 22.1 Å². The second-order valence-electron chi connectivity index (χ2n) is 5.69. The Bertz CT molecular complexity index is 945. The van der Waals surface area contributed by atoms with Crippen molar-refractivity contribution in [3.8, 4) is 5.75 Å². The number of hydrogen-bond acceptors (Lipinski definition) is 5. The summed E-state index contributed by atoms with van der Waals surface area (Å²) in [6.07, 6.45) is 1.58. The van der Waals surface area contributed by atoms with Crippen molar-refractivity contribution in [1.82, 2.24) is 4.90 Å². The maximum atomic E-state index is 12.3. The molecule has 0 radical (unpaired) electrons. The molecule has 0 saturated carbocycles. The molecule has 3 rings (SSSR count). The predicted octanol–water partition coefficient (Wildman–Crippen LogP) is 3.44. The smallest absolute Gasteiger partial charge is 0.294 e. The molecule has 1 fully saturated rings. The van der Waals surface area contributed by atoms with Gasteiger partial charge in [0.2, 0.25) is 5.91 Å². The highest BCUT2D eigenvalue weighted by Gasteiger charge is 2.35. The summed E-state index contributed by atoms with van der Waals surface area (Å²) >= 11 is 6.88. The number of primary amides is 1. The minimum absolute atomic E-state index is 0.226. The van der Waals surface area contributed by atoms with Gasteiger partial charge in [-0.2, -0.15) is 0 Å². The Kier molecular flexibility index (Phi) is 5.83. The number of ether oxygens (including phenoxy) is 1. The Balaban J connectivity index is 1.73. The van der Waals surface area contributed by atoms with Gasteiger partial charge in [-0.25, -0.2) is 0 Å². The molecular weight excluding hydrogens is 388 g/mol. The van der Waals surface area contributed by atoms with Crippen molar-refractivity contribution in [2.75, 3.05) is 6.54 Å². The van der Waals surface area contributed by atoms with E-state index in [0.717, 1.165) is 22.2 Å². The highest BCUT2D eigenvalue weighted by Crippen LogP contribution is 2.32. The van der Waals surface area contributed by atoms with E-state index in [1.807, 2.05) is 18.2 Å². The van der Waals surface area contributed by atoms with Gasteiger partial charge in [0.15, 0.2) is 0 Å². The van der Waals surface area contributed by atoms with Crippen LogP contribution < -0.4 is 10.5 Å². The summed E-state index contributed by atoms with van der Waals surface area (Å²) in [6, 6.07) is 14.5. The number of imide groups is 1. The van der Waals surface area contributed by atoms with Crippen LogP contribution in [0.15, 0.2) is 53.4 Å². The molecule has 0 aromatic heterocycles. The van der Waals surface area contributed by atoms with Gasteiger partial charge in [-0.1, -0.05) is 41.9 Å². The van der Waals surface area contributed by atoms with Crippen LogP contribution in [0, 0.1) is 0 Å². The van der Waals surface area contributed by atoms with E-state index in [0.29, 0.717) is 22.9 Å². The van der Waals surface area contributed by atoms with Crippen molar-refractivity contribution in [3.05, 3.63) is 69.6 Å². The highest BCUT2D eigenvalue weighted by atomic mass is 35.5. The van der Waals surface area contributed by atoms with Crippen LogP contribution in [-0.2, 0) is 16.2 Å². The largest absolute Gasteiger partial charge is 0.489 e. The number of rotatable bonds is 6.